The lowest BCUT2D eigenvalue weighted by molar-refractivity contribution is -0.135. The third kappa shape index (κ3) is 3.70. The fraction of sp³-hybridized carbons (Fsp3) is 0.333. The molecular formula is C18H18ClN3O6S. The molecule has 4 rings (SSSR count). The van der Waals surface area contributed by atoms with Crippen molar-refractivity contribution in [3.63, 3.8) is 0 Å². The molecule has 2 atom stereocenters. The van der Waals surface area contributed by atoms with Gasteiger partial charge in [-0.2, -0.15) is 0 Å². The molecule has 154 valence electrons. The van der Waals surface area contributed by atoms with E-state index in [0.717, 1.165) is 0 Å². The Labute approximate surface area is 172 Å². The molecule has 2 aromatic rings. The van der Waals surface area contributed by atoms with E-state index in [0.29, 0.717) is 17.9 Å². The Morgan fingerprint density at radius 1 is 1.38 bits per heavy atom. The van der Waals surface area contributed by atoms with Crippen LogP contribution in [0.1, 0.15) is 12.0 Å². The number of carbonyl (C=O) groups excluding carboxylic acids is 1. The standard InChI is InChI=1S/C18H18ClN3O6S/c1-27-15-3-2-11(19)5-16(15)29(25,26)21-12-4-10-8-22-13(6-14(23)18(22)24)9-28-17(10)20-7-12/h2-5,7,13-14,21,23H,6,8-9H2,1H3/t13-,14+/m0/s1. The van der Waals surface area contributed by atoms with Gasteiger partial charge in [0.05, 0.1) is 31.6 Å². The van der Waals surface area contributed by atoms with Crippen LogP contribution in [0, 0.1) is 0 Å². The average molecular weight is 440 g/mol. The summed E-state index contributed by atoms with van der Waals surface area (Å²) >= 11 is 5.94. The summed E-state index contributed by atoms with van der Waals surface area (Å²) in [6.45, 7) is 0.381. The zero-order valence-electron chi connectivity index (χ0n) is 15.3. The molecule has 11 heteroatoms. The molecule has 2 N–H and O–H groups in total. The summed E-state index contributed by atoms with van der Waals surface area (Å²) in [5.74, 6) is 0.0958. The molecule has 29 heavy (non-hydrogen) atoms. The van der Waals surface area contributed by atoms with Crippen molar-refractivity contribution in [2.24, 2.45) is 0 Å². The fourth-order valence-corrected chi connectivity index (χ4v) is 4.92. The molecule has 0 saturated carbocycles. The van der Waals surface area contributed by atoms with Crippen LogP contribution in [0.15, 0.2) is 35.4 Å². The van der Waals surface area contributed by atoms with Crippen LogP contribution < -0.4 is 14.2 Å². The number of amides is 1. The van der Waals surface area contributed by atoms with E-state index in [-0.39, 0.29) is 46.5 Å². The van der Waals surface area contributed by atoms with Gasteiger partial charge in [0, 0.05) is 17.0 Å². The van der Waals surface area contributed by atoms with Crippen molar-refractivity contribution in [2.75, 3.05) is 18.4 Å². The van der Waals surface area contributed by atoms with Gasteiger partial charge < -0.3 is 19.5 Å². The number of aromatic nitrogens is 1. The number of ether oxygens (including phenoxy) is 2. The minimum atomic E-state index is -4.01. The molecule has 1 saturated heterocycles. The Bertz CT molecular complexity index is 1080. The number of rotatable bonds is 4. The highest BCUT2D eigenvalue weighted by Gasteiger charge is 2.40. The minimum Gasteiger partial charge on any atom is -0.495 e. The Morgan fingerprint density at radius 3 is 2.93 bits per heavy atom. The van der Waals surface area contributed by atoms with Crippen molar-refractivity contribution < 1.29 is 27.8 Å². The van der Waals surface area contributed by atoms with Gasteiger partial charge in [-0.1, -0.05) is 11.6 Å². The number of pyridine rings is 1. The van der Waals surface area contributed by atoms with Crippen molar-refractivity contribution >= 4 is 33.2 Å². The number of methoxy groups -OCH3 is 1. The first-order valence-electron chi connectivity index (χ1n) is 8.75. The van der Waals surface area contributed by atoms with Crippen LogP contribution >= 0.6 is 11.6 Å². The van der Waals surface area contributed by atoms with Gasteiger partial charge in [0.2, 0.25) is 5.88 Å². The SMILES string of the molecule is COc1ccc(Cl)cc1S(=O)(=O)Nc1cnc2c(c1)CN1C(=O)[C@H](O)C[C@H]1CO2. The zero-order chi connectivity index (χ0) is 20.8. The number of sulfonamides is 1. The van der Waals surface area contributed by atoms with Gasteiger partial charge >= 0.3 is 0 Å². The molecule has 2 aliphatic rings. The van der Waals surface area contributed by atoms with E-state index in [4.69, 9.17) is 21.1 Å². The number of aliphatic hydroxyl groups excluding tert-OH is 1. The van der Waals surface area contributed by atoms with Crippen LogP contribution in [-0.2, 0) is 21.4 Å². The van der Waals surface area contributed by atoms with Gasteiger partial charge in [0.15, 0.2) is 0 Å². The molecule has 0 spiro atoms. The second-order valence-electron chi connectivity index (χ2n) is 6.77. The summed E-state index contributed by atoms with van der Waals surface area (Å²) in [7, 11) is -2.65. The van der Waals surface area contributed by atoms with Crippen LogP contribution in [0.5, 0.6) is 11.6 Å². The Hall–Kier alpha value is -2.56. The maximum atomic E-state index is 12.8. The third-order valence-corrected chi connectivity index (χ3v) is 6.49. The first-order chi connectivity index (χ1) is 13.8. The first-order valence-corrected chi connectivity index (χ1v) is 10.6. The lowest BCUT2D eigenvalue weighted by atomic mass is 10.2. The Kier molecular flexibility index (Phi) is 5.01. The highest BCUT2D eigenvalue weighted by atomic mass is 35.5. The highest BCUT2D eigenvalue weighted by molar-refractivity contribution is 7.92. The number of anilines is 1. The van der Waals surface area contributed by atoms with Gasteiger partial charge in [-0.3, -0.25) is 9.52 Å². The molecule has 3 heterocycles. The van der Waals surface area contributed by atoms with E-state index >= 15 is 0 Å². The molecule has 1 aromatic heterocycles. The normalized spacial score (nSPS) is 21.1. The first kappa shape index (κ1) is 19.7. The molecule has 0 aliphatic carbocycles. The maximum absolute atomic E-state index is 12.8. The van der Waals surface area contributed by atoms with Gasteiger partial charge in [0.1, 0.15) is 23.4 Å². The van der Waals surface area contributed by atoms with Crippen molar-refractivity contribution in [3.8, 4) is 11.6 Å². The Balaban J connectivity index is 1.63. The zero-order valence-corrected chi connectivity index (χ0v) is 16.9. The molecule has 1 amide bonds. The fourth-order valence-electron chi connectivity index (χ4n) is 3.45. The largest absolute Gasteiger partial charge is 0.495 e. The van der Waals surface area contributed by atoms with Crippen LogP contribution in [0.25, 0.3) is 0 Å². The molecule has 1 fully saturated rings. The third-order valence-electron chi connectivity index (χ3n) is 4.85. The number of halogens is 1. The summed E-state index contributed by atoms with van der Waals surface area (Å²) in [5.41, 5.74) is 0.730. The monoisotopic (exact) mass is 439 g/mol. The quantitative estimate of drug-likeness (QED) is 0.739. The summed E-state index contributed by atoms with van der Waals surface area (Å²) in [5, 5.41) is 10.0. The molecule has 9 nitrogen and oxygen atoms in total. The van der Waals surface area contributed by atoms with Gasteiger partial charge in [-0.15, -0.1) is 0 Å². The number of benzene rings is 1. The summed E-state index contributed by atoms with van der Waals surface area (Å²) in [6, 6.07) is 5.58. The summed E-state index contributed by atoms with van der Waals surface area (Å²) < 4.78 is 38.9. The molecule has 0 unspecified atom stereocenters. The number of fused-ring (bicyclic) bond motifs is 2. The number of hydrogen-bond acceptors (Lipinski definition) is 7. The van der Waals surface area contributed by atoms with Crippen LogP contribution in [-0.4, -0.2) is 55.2 Å². The van der Waals surface area contributed by atoms with Crippen molar-refractivity contribution in [1.29, 1.82) is 0 Å². The van der Waals surface area contributed by atoms with Gasteiger partial charge in [0.25, 0.3) is 15.9 Å². The minimum absolute atomic E-state index is 0.114. The molecule has 2 aliphatic heterocycles. The average Bonchev–Trinajstić information content (AvgIpc) is 2.85. The number of carbonyl (C=O) groups is 1. The van der Waals surface area contributed by atoms with Gasteiger partial charge in [-0.05, 0) is 24.3 Å². The summed E-state index contributed by atoms with van der Waals surface area (Å²) in [6.07, 6.45) is 0.580. The number of nitrogens with zero attached hydrogens (tertiary/aromatic N) is 2. The van der Waals surface area contributed by atoms with Crippen LogP contribution in [0.3, 0.4) is 0 Å². The van der Waals surface area contributed by atoms with Crippen molar-refractivity contribution in [2.45, 2.75) is 30.0 Å². The predicted octanol–water partition coefficient (Wildman–Crippen LogP) is 1.40. The number of hydrogen-bond donors (Lipinski definition) is 2. The van der Waals surface area contributed by atoms with E-state index in [1.54, 1.807) is 6.07 Å². The summed E-state index contributed by atoms with van der Waals surface area (Å²) in [4.78, 5) is 17.8. The lowest BCUT2D eigenvalue weighted by Crippen LogP contribution is -2.35. The van der Waals surface area contributed by atoms with Crippen LogP contribution in [0.4, 0.5) is 5.69 Å². The van der Waals surface area contributed by atoms with Crippen molar-refractivity contribution in [1.82, 2.24) is 9.88 Å². The van der Waals surface area contributed by atoms with E-state index in [2.05, 4.69) is 9.71 Å². The second-order valence-corrected chi connectivity index (χ2v) is 8.86. The number of nitrogens with one attached hydrogen (secondary N) is 1. The predicted molar refractivity (Wildman–Crippen MR) is 104 cm³/mol. The van der Waals surface area contributed by atoms with E-state index in [9.17, 15) is 18.3 Å². The number of aliphatic hydroxyl groups is 1. The smallest absolute Gasteiger partial charge is 0.265 e. The van der Waals surface area contributed by atoms with Crippen LogP contribution in [0.2, 0.25) is 5.02 Å². The van der Waals surface area contributed by atoms with Gasteiger partial charge in [-0.25, -0.2) is 13.4 Å². The van der Waals surface area contributed by atoms with E-state index in [1.807, 2.05) is 0 Å². The van der Waals surface area contributed by atoms with E-state index in [1.165, 1.54) is 36.4 Å². The Morgan fingerprint density at radius 2 is 2.17 bits per heavy atom. The molecule has 1 aromatic carbocycles. The second kappa shape index (κ2) is 7.36. The molecule has 0 radical (unpaired) electrons. The molecular weight excluding hydrogens is 422 g/mol. The lowest BCUT2D eigenvalue weighted by Gasteiger charge is -2.20. The topological polar surface area (TPSA) is 118 Å². The highest BCUT2D eigenvalue weighted by Crippen LogP contribution is 2.32. The molecule has 0 bridgehead atoms. The van der Waals surface area contributed by atoms with Crippen molar-refractivity contribution in [3.05, 3.63) is 41.0 Å². The van der Waals surface area contributed by atoms with E-state index < -0.39 is 16.1 Å². The maximum Gasteiger partial charge on any atom is 0.265 e.